The number of halogens is 7. The lowest BCUT2D eigenvalue weighted by atomic mass is 9.98. The normalized spacial score (nSPS) is 18.5. The predicted molar refractivity (Wildman–Crippen MR) is 99.5 cm³/mol. The Kier molecular flexibility index (Phi) is 5.24. The molecule has 0 spiro atoms. The fourth-order valence-corrected chi connectivity index (χ4v) is 5.54. The Labute approximate surface area is 176 Å². The first-order valence-electron chi connectivity index (χ1n) is 9.24. The third-order valence-corrected chi connectivity index (χ3v) is 7.07. The number of nitrogens with zero attached hydrogens (tertiary/aromatic N) is 2. The molecule has 3 aromatic rings. The molecule has 13 heteroatoms. The topological polar surface area (TPSA) is 66.1 Å². The van der Waals surface area contributed by atoms with E-state index in [9.17, 15) is 39.2 Å². The molecule has 5 nitrogen and oxygen atoms in total. The van der Waals surface area contributed by atoms with Crippen LogP contribution in [0.5, 0.6) is 0 Å². The lowest BCUT2D eigenvalue weighted by molar-refractivity contribution is -0.165. The van der Waals surface area contributed by atoms with Crippen LogP contribution in [0.4, 0.5) is 30.7 Å². The number of aromatic nitrogens is 2. The Morgan fingerprint density at radius 1 is 1.09 bits per heavy atom. The van der Waals surface area contributed by atoms with E-state index in [0.29, 0.717) is 0 Å². The van der Waals surface area contributed by atoms with Crippen LogP contribution in [0.25, 0.3) is 22.2 Å². The van der Waals surface area contributed by atoms with E-state index in [2.05, 4.69) is 9.97 Å². The minimum Gasteiger partial charge on any atom is -0.342 e. The van der Waals surface area contributed by atoms with Gasteiger partial charge in [-0.1, -0.05) is 6.07 Å². The fraction of sp³-hybridized carbons (Fsp3) is 0.316. The minimum atomic E-state index is -5.01. The number of aromatic amines is 1. The Morgan fingerprint density at radius 3 is 2.41 bits per heavy atom. The number of benzene rings is 1. The first-order valence-corrected chi connectivity index (χ1v) is 10.7. The summed E-state index contributed by atoms with van der Waals surface area (Å²) in [7, 11) is -4.81. The minimum absolute atomic E-state index is 0.0462. The number of sulfonamides is 1. The average Bonchev–Trinajstić information content (AvgIpc) is 3.36. The van der Waals surface area contributed by atoms with Crippen LogP contribution in [-0.4, -0.2) is 41.5 Å². The van der Waals surface area contributed by atoms with Gasteiger partial charge in [0, 0.05) is 23.7 Å². The van der Waals surface area contributed by atoms with Crippen molar-refractivity contribution in [1.82, 2.24) is 14.3 Å². The second-order valence-corrected chi connectivity index (χ2v) is 9.09. The standard InChI is InChI=1S/C19H14F7N3O2S/c20-12-9-11(18(21,22)23)16(13-4-1-2-6-27-13)10-8-15(28-17(10)12)32(30,31)29-7-3-5-14(29)19(24,25)26/h1-2,4,6,8-9,14,28H,3,5,7H2. The van der Waals surface area contributed by atoms with E-state index in [-0.39, 0.29) is 22.5 Å². The Hall–Kier alpha value is -2.67. The highest BCUT2D eigenvalue weighted by Gasteiger charge is 2.51. The van der Waals surface area contributed by atoms with Crippen molar-refractivity contribution in [3.8, 4) is 11.3 Å². The lowest BCUT2D eigenvalue weighted by Gasteiger charge is -2.25. The van der Waals surface area contributed by atoms with E-state index in [1.165, 1.54) is 24.4 Å². The van der Waals surface area contributed by atoms with Crippen molar-refractivity contribution in [3.63, 3.8) is 0 Å². The molecule has 1 unspecified atom stereocenters. The summed E-state index contributed by atoms with van der Waals surface area (Å²) >= 11 is 0. The highest BCUT2D eigenvalue weighted by atomic mass is 32.2. The molecule has 0 bridgehead atoms. The summed E-state index contributed by atoms with van der Waals surface area (Å²) in [6.07, 6.45) is -9.13. The highest BCUT2D eigenvalue weighted by Crippen LogP contribution is 2.43. The van der Waals surface area contributed by atoms with E-state index in [1.807, 2.05) is 0 Å². The third-order valence-electron chi connectivity index (χ3n) is 5.24. The molecular weight excluding hydrogens is 467 g/mol. The van der Waals surface area contributed by atoms with Gasteiger partial charge in [-0.25, -0.2) is 12.8 Å². The number of nitrogens with one attached hydrogen (secondary N) is 1. The van der Waals surface area contributed by atoms with Gasteiger partial charge in [0.2, 0.25) is 0 Å². The molecule has 3 heterocycles. The van der Waals surface area contributed by atoms with E-state index >= 15 is 0 Å². The van der Waals surface area contributed by atoms with Gasteiger partial charge in [0.05, 0.1) is 16.8 Å². The molecule has 1 saturated heterocycles. The van der Waals surface area contributed by atoms with Gasteiger partial charge in [-0.3, -0.25) is 4.98 Å². The summed E-state index contributed by atoms with van der Waals surface area (Å²) in [6, 6.07) is 2.70. The second kappa shape index (κ2) is 7.44. The van der Waals surface area contributed by atoms with Crippen molar-refractivity contribution in [2.24, 2.45) is 0 Å². The number of rotatable bonds is 3. The Bertz CT molecular complexity index is 1270. The van der Waals surface area contributed by atoms with Crippen LogP contribution in [0.15, 0.2) is 41.6 Å². The van der Waals surface area contributed by atoms with Crippen LogP contribution in [-0.2, 0) is 16.2 Å². The molecular formula is C19H14F7N3O2S. The largest absolute Gasteiger partial charge is 0.417 e. The maximum atomic E-state index is 14.6. The lowest BCUT2D eigenvalue weighted by Crippen LogP contribution is -2.44. The highest BCUT2D eigenvalue weighted by molar-refractivity contribution is 7.89. The molecule has 32 heavy (non-hydrogen) atoms. The fourth-order valence-electron chi connectivity index (χ4n) is 3.86. The van der Waals surface area contributed by atoms with Gasteiger partial charge in [0.25, 0.3) is 10.0 Å². The molecule has 1 aromatic carbocycles. The maximum absolute atomic E-state index is 14.6. The molecule has 4 rings (SSSR count). The zero-order chi connectivity index (χ0) is 23.5. The molecule has 1 atom stereocenters. The van der Waals surface area contributed by atoms with E-state index in [4.69, 9.17) is 0 Å². The molecule has 0 amide bonds. The van der Waals surface area contributed by atoms with Crippen molar-refractivity contribution < 1.29 is 39.2 Å². The summed E-state index contributed by atoms with van der Waals surface area (Å²) in [5, 5.41) is -1.29. The molecule has 1 fully saturated rings. The smallest absolute Gasteiger partial charge is 0.342 e. The van der Waals surface area contributed by atoms with Gasteiger partial charge < -0.3 is 4.98 Å². The summed E-state index contributed by atoms with van der Waals surface area (Å²) in [6.45, 7) is -0.425. The quantitative estimate of drug-likeness (QED) is 0.530. The Balaban J connectivity index is 1.96. The molecule has 1 N–H and O–H groups in total. The molecule has 1 aliphatic rings. The summed E-state index contributed by atoms with van der Waals surface area (Å²) in [5.41, 5.74) is -2.76. The third kappa shape index (κ3) is 3.72. The molecule has 2 aromatic heterocycles. The predicted octanol–water partition coefficient (Wildman–Crippen LogP) is 5.10. The van der Waals surface area contributed by atoms with Gasteiger partial charge in [0.15, 0.2) is 0 Å². The molecule has 0 aliphatic carbocycles. The zero-order valence-electron chi connectivity index (χ0n) is 15.9. The number of pyridine rings is 1. The number of fused-ring (bicyclic) bond motifs is 1. The summed E-state index contributed by atoms with van der Waals surface area (Å²) in [4.78, 5) is 6.03. The van der Waals surface area contributed by atoms with Gasteiger partial charge >= 0.3 is 12.4 Å². The second-order valence-electron chi connectivity index (χ2n) is 7.23. The van der Waals surface area contributed by atoms with Crippen molar-refractivity contribution in [2.75, 3.05) is 6.54 Å². The van der Waals surface area contributed by atoms with Crippen LogP contribution in [0.2, 0.25) is 0 Å². The first-order chi connectivity index (χ1) is 14.8. The van der Waals surface area contributed by atoms with Crippen LogP contribution in [0, 0.1) is 5.82 Å². The van der Waals surface area contributed by atoms with Crippen LogP contribution >= 0.6 is 0 Å². The van der Waals surface area contributed by atoms with E-state index < -0.39 is 74.3 Å². The van der Waals surface area contributed by atoms with Crippen molar-refractivity contribution in [1.29, 1.82) is 0 Å². The van der Waals surface area contributed by atoms with E-state index in [1.54, 1.807) is 0 Å². The molecule has 172 valence electrons. The van der Waals surface area contributed by atoms with Crippen molar-refractivity contribution >= 4 is 20.9 Å². The zero-order valence-corrected chi connectivity index (χ0v) is 16.7. The average molecular weight is 481 g/mol. The van der Waals surface area contributed by atoms with Gasteiger partial charge in [-0.05, 0) is 37.1 Å². The van der Waals surface area contributed by atoms with Crippen LogP contribution in [0.1, 0.15) is 18.4 Å². The van der Waals surface area contributed by atoms with Crippen molar-refractivity contribution in [2.45, 2.75) is 36.3 Å². The molecule has 0 radical (unpaired) electrons. The first kappa shape index (κ1) is 22.5. The number of H-pyrrole nitrogens is 1. The van der Waals surface area contributed by atoms with E-state index in [0.717, 1.165) is 6.07 Å². The van der Waals surface area contributed by atoms with Gasteiger partial charge in [-0.2, -0.15) is 30.6 Å². The molecule has 0 saturated carbocycles. The molecule has 1 aliphatic heterocycles. The number of hydrogen-bond acceptors (Lipinski definition) is 3. The Morgan fingerprint density at radius 2 is 1.81 bits per heavy atom. The maximum Gasteiger partial charge on any atom is 0.417 e. The summed E-state index contributed by atoms with van der Waals surface area (Å²) < 4.78 is 122. The number of hydrogen-bond donors (Lipinski definition) is 1. The van der Waals surface area contributed by atoms with Crippen LogP contribution in [0.3, 0.4) is 0 Å². The monoisotopic (exact) mass is 481 g/mol. The van der Waals surface area contributed by atoms with Gasteiger partial charge in [-0.15, -0.1) is 0 Å². The van der Waals surface area contributed by atoms with Gasteiger partial charge in [0.1, 0.15) is 16.9 Å². The van der Waals surface area contributed by atoms with Crippen molar-refractivity contribution in [3.05, 3.63) is 47.9 Å². The SMILES string of the molecule is O=S(=O)(c1cc2c(-c3ccccn3)c(C(F)(F)F)cc(F)c2[nH]1)N1CCCC1C(F)(F)F. The van der Waals surface area contributed by atoms with Crippen LogP contribution < -0.4 is 0 Å². The number of alkyl halides is 6. The summed E-state index contributed by atoms with van der Waals surface area (Å²) in [5.74, 6) is -1.40.